The smallest absolute Gasteiger partial charge is 0.119 e. The predicted octanol–water partition coefficient (Wildman–Crippen LogP) is 2.79. The van der Waals surface area contributed by atoms with E-state index in [0.29, 0.717) is 12.0 Å². The minimum atomic E-state index is 0.377. The van der Waals surface area contributed by atoms with Crippen LogP contribution in [0.15, 0.2) is 30.5 Å². The molecule has 5 rings (SSSR count). The molecule has 0 aliphatic carbocycles. The van der Waals surface area contributed by atoms with Gasteiger partial charge in [-0.2, -0.15) is 5.10 Å². The molecule has 0 spiro atoms. The van der Waals surface area contributed by atoms with Crippen molar-refractivity contribution in [2.45, 2.75) is 31.2 Å². The highest BCUT2D eigenvalue weighted by atomic mass is 16.5. The van der Waals surface area contributed by atoms with Crippen LogP contribution in [0, 0.1) is 0 Å². The summed E-state index contributed by atoms with van der Waals surface area (Å²) in [6, 6.07) is 9.40. The number of nitrogens with one attached hydrogen (secondary N) is 1. The molecule has 28 heavy (non-hydrogen) atoms. The molecule has 0 unspecified atom stereocenters. The summed E-state index contributed by atoms with van der Waals surface area (Å²) in [6.45, 7) is 7.96. The van der Waals surface area contributed by atoms with Crippen LogP contribution in [-0.4, -0.2) is 72.5 Å². The molecule has 2 aromatic rings. The Morgan fingerprint density at radius 1 is 1.14 bits per heavy atom. The van der Waals surface area contributed by atoms with Gasteiger partial charge in [-0.3, -0.25) is 14.9 Å². The molecule has 1 aromatic heterocycles. The summed E-state index contributed by atoms with van der Waals surface area (Å²) in [7, 11) is 0. The number of morpholine rings is 1. The summed E-state index contributed by atoms with van der Waals surface area (Å²) < 4.78 is 11.6. The van der Waals surface area contributed by atoms with Gasteiger partial charge >= 0.3 is 0 Å². The molecule has 3 aliphatic heterocycles. The van der Waals surface area contributed by atoms with Crippen molar-refractivity contribution < 1.29 is 9.47 Å². The first-order valence-electron chi connectivity index (χ1n) is 10.7. The third kappa shape index (κ3) is 3.69. The molecule has 0 radical (unpaired) electrons. The Morgan fingerprint density at radius 2 is 2.07 bits per heavy atom. The van der Waals surface area contributed by atoms with Gasteiger partial charge in [0.2, 0.25) is 0 Å². The van der Waals surface area contributed by atoms with Crippen LogP contribution in [0.25, 0.3) is 0 Å². The molecule has 6 nitrogen and oxygen atoms in total. The first-order chi connectivity index (χ1) is 13.9. The van der Waals surface area contributed by atoms with Crippen LogP contribution in [0.2, 0.25) is 0 Å². The average Bonchev–Trinajstić information content (AvgIpc) is 3.43. The molecule has 3 aliphatic rings. The van der Waals surface area contributed by atoms with Crippen molar-refractivity contribution in [3.05, 3.63) is 47.3 Å². The SMILES string of the molecule is c1cc([C@@H]2CN3CCC[C@@H]3c3cc(OCCCN4CCOCC4)ccc32)[nH]n1. The summed E-state index contributed by atoms with van der Waals surface area (Å²) in [6.07, 6.45) is 5.45. The van der Waals surface area contributed by atoms with Crippen molar-refractivity contribution in [1.29, 1.82) is 0 Å². The summed E-state index contributed by atoms with van der Waals surface area (Å²) in [5.41, 5.74) is 4.10. The Labute approximate surface area is 166 Å². The van der Waals surface area contributed by atoms with E-state index in [0.717, 1.165) is 58.2 Å². The lowest BCUT2D eigenvalue weighted by atomic mass is 9.83. The zero-order valence-electron chi connectivity index (χ0n) is 16.5. The van der Waals surface area contributed by atoms with E-state index in [4.69, 9.17) is 9.47 Å². The molecule has 2 atom stereocenters. The van der Waals surface area contributed by atoms with Crippen LogP contribution < -0.4 is 4.74 Å². The lowest BCUT2D eigenvalue weighted by Crippen LogP contribution is -2.37. The van der Waals surface area contributed by atoms with Gasteiger partial charge < -0.3 is 9.47 Å². The third-order valence-corrected chi connectivity index (χ3v) is 6.46. The number of aromatic nitrogens is 2. The average molecular weight is 383 g/mol. The molecule has 2 fully saturated rings. The second-order valence-corrected chi connectivity index (χ2v) is 8.16. The largest absolute Gasteiger partial charge is 0.494 e. The minimum absolute atomic E-state index is 0.377. The number of H-pyrrole nitrogens is 1. The molecule has 2 saturated heterocycles. The van der Waals surface area contributed by atoms with E-state index in [-0.39, 0.29) is 0 Å². The van der Waals surface area contributed by atoms with Gasteiger partial charge in [0.25, 0.3) is 0 Å². The van der Waals surface area contributed by atoms with Gasteiger partial charge in [-0.1, -0.05) is 6.07 Å². The van der Waals surface area contributed by atoms with Crippen LogP contribution in [0.5, 0.6) is 5.75 Å². The Morgan fingerprint density at radius 3 is 2.93 bits per heavy atom. The summed E-state index contributed by atoms with van der Waals surface area (Å²) >= 11 is 0. The van der Waals surface area contributed by atoms with Gasteiger partial charge in [0.05, 0.1) is 19.8 Å². The molecule has 1 N–H and O–H groups in total. The summed E-state index contributed by atoms with van der Waals surface area (Å²) in [4.78, 5) is 5.10. The molecular weight excluding hydrogens is 352 g/mol. The van der Waals surface area contributed by atoms with Gasteiger partial charge in [-0.15, -0.1) is 0 Å². The van der Waals surface area contributed by atoms with Crippen LogP contribution in [0.4, 0.5) is 0 Å². The Bertz CT molecular complexity index is 773. The van der Waals surface area contributed by atoms with E-state index in [1.165, 1.54) is 36.2 Å². The Balaban J connectivity index is 1.27. The lowest BCUT2D eigenvalue weighted by Gasteiger charge is -2.37. The topological polar surface area (TPSA) is 53.6 Å². The number of benzene rings is 1. The van der Waals surface area contributed by atoms with Crippen LogP contribution >= 0.6 is 0 Å². The highest BCUT2D eigenvalue weighted by Crippen LogP contribution is 2.44. The highest BCUT2D eigenvalue weighted by molar-refractivity contribution is 5.45. The van der Waals surface area contributed by atoms with Gasteiger partial charge in [-0.05, 0) is 55.1 Å². The quantitative estimate of drug-likeness (QED) is 0.779. The highest BCUT2D eigenvalue weighted by Gasteiger charge is 2.37. The fourth-order valence-corrected chi connectivity index (χ4v) is 5.01. The van der Waals surface area contributed by atoms with E-state index in [1.54, 1.807) is 0 Å². The molecule has 0 amide bonds. The standard InChI is InChI=1S/C22H30N4O2/c1-3-22-19-15-17(28-12-2-8-25-10-13-27-14-11-25)4-5-18(19)20(16-26(22)9-1)21-6-7-23-24-21/h4-7,15,20,22H,1-3,8-14,16H2,(H,23,24)/t20-,22-/m1/s1. The second-order valence-electron chi connectivity index (χ2n) is 8.16. The number of rotatable bonds is 6. The van der Waals surface area contributed by atoms with Crippen molar-refractivity contribution in [2.75, 3.05) is 52.5 Å². The zero-order chi connectivity index (χ0) is 18.8. The minimum Gasteiger partial charge on any atom is -0.494 e. The molecule has 150 valence electrons. The van der Waals surface area contributed by atoms with Gasteiger partial charge in [0.1, 0.15) is 5.75 Å². The Hall–Kier alpha value is -1.89. The van der Waals surface area contributed by atoms with Crippen molar-refractivity contribution >= 4 is 0 Å². The number of nitrogens with zero attached hydrogens (tertiary/aromatic N) is 3. The van der Waals surface area contributed by atoms with E-state index < -0.39 is 0 Å². The number of ether oxygens (including phenoxy) is 2. The summed E-state index contributed by atoms with van der Waals surface area (Å²) in [5.74, 6) is 1.39. The predicted molar refractivity (Wildman–Crippen MR) is 108 cm³/mol. The second kappa shape index (κ2) is 8.23. The van der Waals surface area contributed by atoms with Gasteiger partial charge in [0, 0.05) is 50.0 Å². The maximum atomic E-state index is 6.14. The van der Waals surface area contributed by atoms with Crippen molar-refractivity contribution in [3.8, 4) is 5.75 Å². The van der Waals surface area contributed by atoms with E-state index in [1.807, 2.05) is 6.20 Å². The van der Waals surface area contributed by atoms with Crippen LogP contribution in [0.3, 0.4) is 0 Å². The number of aromatic amines is 1. The maximum absolute atomic E-state index is 6.14. The van der Waals surface area contributed by atoms with E-state index >= 15 is 0 Å². The molecule has 4 heterocycles. The molecular formula is C22H30N4O2. The third-order valence-electron chi connectivity index (χ3n) is 6.46. The van der Waals surface area contributed by atoms with Crippen LogP contribution in [0.1, 0.15) is 48.0 Å². The molecule has 0 saturated carbocycles. The Kier molecular flexibility index (Phi) is 5.34. The van der Waals surface area contributed by atoms with Crippen molar-refractivity contribution in [2.24, 2.45) is 0 Å². The molecule has 0 bridgehead atoms. The molecule has 1 aromatic carbocycles. The molecule has 6 heteroatoms. The zero-order valence-corrected chi connectivity index (χ0v) is 16.5. The first kappa shape index (κ1) is 18.2. The summed E-state index contributed by atoms with van der Waals surface area (Å²) in [5, 5.41) is 7.38. The normalized spacial score (nSPS) is 25.4. The number of fused-ring (bicyclic) bond motifs is 3. The van der Waals surface area contributed by atoms with E-state index in [2.05, 4.69) is 44.3 Å². The fourth-order valence-electron chi connectivity index (χ4n) is 5.01. The monoisotopic (exact) mass is 382 g/mol. The first-order valence-corrected chi connectivity index (χ1v) is 10.7. The lowest BCUT2D eigenvalue weighted by molar-refractivity contribution is 0.0358. The van der Waals surface area contributed by atoms with Crippen LogP contribution in [-0.2, 0) is 4.74 Å². The van der Waals surface area contributed by atoms with Gasteiger partial charge in [-0.25, -0.2) is 0 Å². The maximum Gasteiger partial charge on any atom is 0.119 e. The number of hydrogen-bond donors (Lipinski definition) is 1. The number of hydrogen-bond acceptors (Lipinski definition) is 5. The van der Waals surface area contributed by atoms with Gasteiger partial charge in [0.15, 0.2) is 0 Å². The van der Waals surface area contributed by atoms with Crippen molar-refractivity contribution in [1.82, 2.24) is 20.0 Å². The van der Waals surface area contributed by atoms with Crippen molar-refractivity contribution in [3.63, 3.8) is 0 Å². The van der Waals surface area contributed by atoms with E-state index in [9.17, 15) is 0 Å². The fraction of sp³-hybridized carbons (Fsp3) is 0.591.